The molecule has 8 rings (SSSR count). The standard InChI is InChI=1S/C35H30N2O6/c1-20-24-25-28(32(40)36(30(25)38)18-21-12-6-3-7-13-21)35(2,27(20)34(42)43-23-16-10-5-11-17-23)29-26(24)31(39)37(33(29)41)19-22-14-8-4-9-15-22/h3-17,24-26,28-29H,18-19H2,1-2H3/t24?,25-,26-,28+,29+,35?/m0/s1. The molecule has 3 aromatic rings. The van der Waals surface area contributed by atoms with E-state index < -0.39 is 52.8 Å². The fourth-order valence-electron chi connectivity index (χ4n) is 8.22. The molecule has 4 amide bonds. The minimum absolute atomic E-state index is 0.0779. The molecule has 2 bridgehead atoms. The van der Waals surface area contributed by atoms with Crippen LogP contribution >= 0.6 is 0 Å². The van der Waals surface area contributed by atoms with E-state index in [1.165, 1.54) is 9.80 Å². The van der Waals surface area contributed by atoms with Crippen molar-refractivity contribution < 1.29 is 28.7 Å². The minimum Gasteiger partial charge on any atom is -0.423 e. The first-order chi connectivity index (χ1) is 20.7. The zero-order valence-electron chi connectivity index (χ0n) is 23.8. The molecule has 2 heterocycles. The third-order valence-corrected chi connectivity index (χ3v) is 9.91. The first-order valence-electron chi connectivity index (χ1n) is 14.5. The molecule has 2 saturated heterocycles. The average molecular weight is 575 g/mol. The molecular formula is C35H30N2O6. The van der Waals surface area contributed by atoms with Gasteiger partial charge in [-0.25, -0.2) is 4.79 Å². The van der Waals surface area contributed by atoms with E-state index in [4.69, 9.17) is 4.74 Å². The van der Waals surface area contributed by atoms with Crippen molar-refractivity contribution in [2.45, 2.75) is 26.9 Å². The van der Waals surface area contributed by atoms with Gasteiger partial charge in [0.05, 0.1) is 36.8 Å². The maximum atomic E-state index is 14.3. The van der Waals surface area contributed by atoms with Crippen LogP contribution in [0.3, 0.4) is 0 Å². The Balaban J connectivity index is 1.34. The van der Waals surface area contributed by atoms with E-state index in [9.17, 15) is 24.0 Å². The van der Waals surface area contributed by atoms with Gasteiger partial charge in [0.2, 0.25) is 23.6 Å². The highest BCUT2D eigenvalue weighted by molar-refractivity contribution is 6.13. The van der Waals surface area contributed by atoms with Gasteiger partial charge in [0.1, 0.15) is 5.75 Å². The molecule has 0 N–H and O–H groups in total. The number of imide groups is 2. The quantitative estimate of drug-likeness (QED) is 0.249. The number of allylic oxidation sites excluding steroid dienone is 1. The van der Waals surface area contributed by atoms with Crippen LogP contribution in [0.1, 0.15) is 25.0 Å². The molecule has 0 radical (unpaired) electrons. The number of esters is 1. The molecule has 3 fully saturated rings. The fraction of sp³-hybridized carbons (Fsp3) is 0.286. The Bertz CT molecular complexity index is 1610. The highest BCUT2D eigenvalue weighted by Crippen LogP contribution is 2.68. The van der Waals surface area contributed by atoms with Crippen molar-refractivity contribution in [3.63, 3.8) is 0 Å². The van der Waals surface area contributed by atoms with Crippen LogP contribution in [-0.4, -0.2) is 39.4 Å². The lowest BCUT2D eigenvalue weighted by atomic mass is 9.43. The summed E-state index contributed by atoms with van der Waals surface area (Å²) in [5, 5.41) is 0. The number of hydrogen-bond acceptors (Lipinski definition) is 6. The molecule has 0 unspecified atom stereocenters. The maximum absolute atomic E-state index is 14.3. The Morgan fingerprint density at radius 1 is 0.651 bits per heavy atom. The Morgan fingerprint density at radius 3 is 1.51 bits per heavy atom. The van der Waals surface area contributed by atoms with Crippen molar-refractivity contribution in [3.8, 4) is 5.75 Å². The van der Waals surface area contributed by atoms with Gasteiger partial charge < -0.3 is 4.74 Å². The van der Waals surface area contributed by atoms with Crippen LogP contribution in [0.25, 0.3) is 0 Å². The van der Waals surface area contributed by atoms with E-state index >= 15 is 0 Å². The zero-order valence-corrected chi connectivity index (χ0v) is 23.8. The van der Waals surface area contributed by atoms with Gasteiger partial charge in [0, 0.05) is 16.9 Å². The number of benzene rings is 3. The Morgan fingerprint density at radius 2 is 1.07 bits per heavy atom. The second-order valence-corrected chi connectivity index (χ2v) is 12.1. The number of hydrogen-bond donors (Lipinski definition) is 0. The van der Waals surface area contributed by atoms with Crippen molar-refractivity contribution in [2.75, 3.05) is 0 Å². The first-order valence-corrected chi connectivity index (χ1v) is 14.5. The van der Waals surface area contributed by atoms with Crippen LogP contribution < -0.4 is 4.74 Å². The first kappa shape index (κ1) is 27.0. The van der Waals surface area contributed by atoms with E-state index in [1.54, 1.807) is 44.2 Å². The summed E-state index contributed by atoms with van der Waals surface area (Å²) in [5.41, 5.74) is 0.895. The van der Waals surface area contributed by atoms with Gasteiger partial charge in [-0.2, -0.15) is 0 Å². The molecule has 2 aliphatic heterocycles. The summed E-state index contributed by atoms with van der Waals surface area (Å²) in [6.07, 6.45) is 0. The second-order valence-electron chi connectivity index (χ2n) is 12.1. The van der Waals surface area contributed by atoms with Crippen molar-refractivity contribution in [3.05, 3.63) is 113 Å². The summed E-state index contributed by atoms with van der Waals surface area (Å²) in [7, 11) is 0. The Labute approximate surface area is 248 Å². The number of ether oxygens (including phenoxy) is 1. The number of likely N-dealkylation sites (tertiary alicyclic amines) is 2. The van der Waals surface area contributed by atoms with Crippen LogP contribution in [-0.2, 0) is 37.1 Å². The van der Waals surface area contributed by atoms with Crippen LogP contribution in [0.4, 0.5) is 0 Å². The van der Waals surface area contributed by atoms with Crippen molar-refractivity contribution in [1.29, 1.82) is 0 Å². The van der Waals surface area contributed by atoms with E-state index in [1.807, 2.05) is 60.7 Å². The number of carbonyl (C=O) groups excluding carboxylic acids is 5. The summed E-state index contributed by atoms with van der Waals surface area (Å²) < 4.78 is 5.79. The molecule has 0 aromatic heterocycles. The van der Waals surface area contributed by atoms with Crippen LogP contribution in [0.5, 0.6) is 5.75 Å². The van der Waals surface area contributed by atoms with Crippen molar-refractivity contribution >= 4 is 29.6 Å². The van der Waals surface area contributed by atoms with E-state index in [0.717, 1.165) is 11.1 Å². The summed E-state index contributed by atoms with van der Waals surface area (Å²) in [6.45, 7) is 3.60. The molecule has 5 aliphatic rings. The molecule has 8 nitrogen and oxygen atoms in total. The summed E-state index contributed by atoms with van der Waals surface area (Å²) in [6, 6.07) is 27.0. The molecule has 43 heavy (non-hydrogen) atoms. The number of para-hydroxylation sites is 1. The SMILES string of the molecule is CC1=C(C(=O)Oc2ccccc2)C2(C)[C@H]3C(=O)N(Cc4ccccc4)C(=O)[C@H]3C1[C@@H]1C(=O)N(Cc3ccccc3)C(=O)[C@@H]12. The predicted molar refractivity (Wildman–Crippen MR) is 154 cm³/mol. The third-order valence-electron chi connectivity index (χ3n) is 9.91. The lowest BCUT2D eigenvalue weighted by Gasteiger charge is -2.55. The largest absolute Gasteiger partial charge is 0.423 e. The monoisotopic (exact) mass is 574 g/mol. The van der Waals surface area contributed by atoms with E-state index in [-0.39, 0.29) is 30.5 Å². The van der Waals surface area contributed by atoms with Gasteiger partial charge >= 0.3 is 5.97 Å². The van der Waals surface area contributed by atoms with Gasteiger partial charge in [-0.3, -0.25) is 29.0 Å². The highest BCUT2D eigenvalue weighted by Gasteiger charge is 2.76. The number of amides is 4. The molecule has 216 valence electrons. The van der Waals surface area contributed by atoms with E-state index in [2.05, 4.69) is 0 Å². The lowest BCUT2D eigenvalue weighted by Crippen LogP contribution is -2.61. The molecule has 3 aliphatic carbocycles. The summed E-state index contributed by atoms with van der Waals surface area (Å²) in [4.78, 5) is 73.2. The number of nitrogens with zero attached hydrogens (tertiary/aromatic N) is 2. The Hall–Kier alpha value is -4.85. The van der Waals surface area contributed by atoms with Gasteiger partial charge in [-0.15, -0.1) is 0 Å². The lowest BCUT2D eigenvalue weighted by molar-refractivity contribution is -0.152. The zero-order chi connectivity index (χ0) is 30.0. The molecule has 1 saturated carbocycles. The van der Waals surface area contributed by atoms with Gasteiger partial charge in [0.25, 0.3) is 0 Å². The second kappa shape index (κ2) is 9.87. The molecular weight excluding hydrogens is 544 g/mol. The Kier molecular flexibility index (Phi) is 6.20. The molecule has 3 aromatic carbocycles. The summed E-state index contributed by atoms with van der Waals surface area (Å²) in [5.74, 6) is -6.40. The van der Waals surface area contributed by atoms with E-state index in [0.29, 0.717) is 11.3 Å². The number of rotatable bonds is 6. The predicted octanol–water partition coefficient (Wildman–Crippen LogP) is 4.16. The maximum Gasteiger partial charge on any atom is 0.339 e. The van der Waals surface area contributed by atoms with Crippen molar-refractivity contribution in [2.24, 2.45) is 35.0 Å². The topological polar surface area (TPSA) is 101 Å². The van der Waals surface area contributed by atoms with Crippen LogP contribution in [0.2, 0.25) is 0 Å². The van der Waals surface area contributed by atoms with Crippen molar-refractivity contribution in [1.82, 2.24) is 9.80 Å². The smallest absolute Gasteiger partial charge is 0.339 e. The van der Waals surface area contributed by atoms with Crippen LogP contribution in [0, 0.1) is 35.0 Å². The normalized spacial score (nSPS) is 29.3. The average Bonchev–Trinajstić information content (AvgIpc) is 3.41. The van der Waals surface area contributed by atoms with Gasteiger partial charge in [0.15, 0.2) is 0 Å². The number of carbonyl (C=O) groups is 5. The molecule has 8 heteroatoms. The van der Waals surface area contributed by atoms with Crippen LogP contribution in [0.15, 0.2) is 102 Å². The van der Waals surface area contributed by atoms with Gasteiger partial charge in [-0.1, -0.05) is 91.4 Å². The third kappa shape index (κ3) is 3.85. The summed E-state index contributed by atoms with van der Waals surface area (Å²) >= 11 is 0. The minimum atomic E-state index is -1.43. The molecule has 4 atom stereocenters. The van der Waals surface area contributed by atoms with Gasteiger partial charge in [-0.05, 0) is 30.2 Å². The molecule has 0 spiro atoms. The highest BCUT2D eigenvalue weighted by atomic mass is 16.5. The fourth-order valence-corrected chi connectivity index (χ4v) is 8.22.